The molecule has 17 heavy (non-hydrogen) atoms. The number of aliphatic hydroxyl groups is 1. The third-order valence-corrected chi connectivity index (χ3v) is 2.17. The maximum atomic E-state index is 11.8. The molecule has 0 aliphatic heterocycles. The van der Waals surface area contributed by atoms with Crippen LogP contribution >= 0.6 is 0 Å². The largest absolute Gasteiger partial charge is 0.415 e. The van der Waals surface area contributed by atoms with Crippen LogP contribution in [0.15, 0.2) is 30.3 Å². The Kier molecular flexibility index (Phi) is 4.52. The van der Waals surface area contributed by atoms with Gasteiger partial charge in [-0.15, -0.1) is 0 Å². The zero-order valence-corrected chi connectivity index (χ0v) is 10.5. The molecule has 0 aromatic heterocycles. The van der Waals surface area contributed by atoms with Gasteiger partial charge in [-0.25, -0.2) is 4.79 Å². The van der Waals surface area contributed by atoms with E-state index in [9.17, 15) is 9.90 Å². The van der Waals surface area contributed by atoms with Crippen LogP contribution in [0.3, 0.4) is 0 Å². The van der Waals surface area contributed by atoms with Gasteiger partial charge in [-0.05, 0) is 32.9 Å². The van der Waals surface area contributed by atoms with Crippen LogP contribution in [0.5, 0.6) is 5.75 Å². The molecule has 0 atom stereocenters. The maximum Gasteiger partial charge on any atom is 0.415 e. The molecule has 0 saturated carbocycles. The van der Waals surface area contributed by atoms with Gasteiger partial charge in [-0.2, -0.15) is 0 Å². The highest BCUT2D eigenvalue weighted by atomic mass is 16.6. The van der Waals surface area contributed by atoms with Gasteiger partial charge in [0.2, 0.25) is 0 Å². The average Bonchev–Trinajstić information content (AvgIpc) is 2.26. The van der Waals surface area contributed by atoms with Gasteiger partial charge in [0, 0.05) is 6.54 Å². The second-order valence-electron chi connectivity index (χ2n) is 4.51. The quantitative estimate of drug-likeness (QED) is 0.874. The molecule has 94 valence electrons. The van der Waals surface area contributed by atoms with Gasteiger partial charge < -0.3 is 14.7 Å². The van der Waals surface area contributed by atoms with Crippen molar-refractivity contribution in [1.29, 1.82) is 0 Å². The Morgan fingerprint density at radius 3 is 2.41 bits per heavy atom. The van der Waals surface area contributed by atoms with Crippen molar-refractivity contribution < 1.29 is 14.6 Å². The molecule has 0 heterocycles. The van der Waals surface area contributed by atoms with E-state index in [4.69, 9.17) is 4.74 Å². The van der Waals surface area contributed by atoms with Crippen LogP contribution in [0.1, 0.15) is 20.8 Å². The molecule has 0 bridgehead atoms. The van der Waals surface area contributed by atoms with Crippen LogP contribution in [0, 0.1) is 0 Å². The first kappa shape index (κ1) is 13.5. The van der Waals surface area contributed by atoms with Gasteiger partial charge in [0.25, 0.3) is 0 Å². The third kappa shape index (κ3) is 4.87. The van der Waals surface area contributed by atoms with Gasteiger partial charge in [0.1, 0.15) is 5.75 Å². The predicted molar refractivity (Wildman–Crippen MR) is 66.0 cm³/mol. The van der Waals surface area contributed by atoms with Gasteiger partial charge >= 0.3 is 6.09 Å². The highest BCUT2D eigenvalue weighted by molar-refractivity contribution is 5.70. The number of para-hydroxylation sites is 1. The molecule has 0 spiro atoms. The number of likely N-dealkylation sites (N-methyl/N-ethyl adjacent to an activating group) is 1. The number of nitrogens with zero attached hydrogens (tertiary/aromatic N) is 1. The monoisotopic (exact) mass is 237 g/mol. The Balaban J connectivity index is 2.62. The van der Waals surface area contributed by atoms with Crippen LogP contribution in [0.25, 0.3) is 0 Å². The Hall–Kier alpha value is -1.55. The molecule has 1 aromatic carbocycles. The summed E-state index contributed by atoms with van der Waals surface area (Å²) in [6.45, 7) is 5.90. The van der Waals surface area contributed by atoms with Crippen LogP contribution in [0.2, 0.25) is 0 Å². The SMILES string of the molecule is CCN(CC(C)(C)O)C(=O)Oc1ccccc1. The Labute approximate surface area is 102 Å². The summed E-state index contributed by atoms with van der Waals surface area (Å²) in [5.41, 5.74) is -0.925. The summed E-state index contributed by atoms with van der Waals surface area (Å²) < 4.78 is 5.19. The first-order valence-electron chi connectivity index (χ1n) is 5.66. The fourth-order valence-corrected chi connectivity index (χ4v) is 1.43. The topological polar surface area (TPSA) is 49.8 Å². The van der Waals surface area contributed by atoms with Crippen molar-refractivity contribution in [2.24, 2.45) is 0 Å². The summed E-state index contributed by atoms with van der Waals surface area (Å²) in [6.07, 6.45) is -0.444. The van der Waals surface area contributed by atoms with E-state index in [0.717, 1.165) is 0 Å². The molecule has 0 saturated heterocycles. The lowest BCUT2D eigenvalue weighted by Gasteiger charge is -2.27. The summed E-state index contributed by atoms with van der Waals surface area (Å²) in [4.78, 5) is 13.3. The maximum absolute atomic E-state index is 11.8. The second kappa shape index (κ2) is 5.68. The predicted octanol–water partition coefficient (Wildman–Crippen LogP) is 2.28. The number of amides is 1. The molecule has 1 amide bonds. The van der Waals surface area contributed by atoms with E-state index in [2.05, 4.69) is 0 Å². The smallest absolute Gasteiger partial charge is 0.410 e. The molecular weight excluding hydrogens is 218 g/mol. The van der Waals surface area contributed by atoms with Crippen molar-refractivity contribution in [2.45, 2.75) is 26.4 Å². The van der Waals surface area contributed by atoms with Crippen LogP contribution < -0.4 is 4.74 Å². The minimum absolute atomic E-state index is 0.245. The molecular formula is C13H19NO3. The molecule has 0 aliphatic carbocycles. The van der Waals surface area contributed by atoms with Gasteiger partial charge in [-0.3, -0.25) is 0 Å². The van der Waals surface area contributed by atoms with Crippen LogP contribution in [0.4, 0.5) is 4.79 Å². The number of hydrogen-bond donors (Lipinski definition) is 1. The molecule has 4 heteroatoms. The molecule has 0 fully saturated rings. The number of ether oxygens (including phenoxy) is 1. The van der Waals surface area contributed by atoms with Crippen molar-refractivity contribution >= 4 is 6.09 Å². The average molecular weight is 237 g/mol. The van der Waals surface area contributed by atoms with E-state index < -0.39 is 11.7 Å². The molecule has 0 aliphatic rings. The van der Waals surface area contributed by atoms with Crippen molar-refractivity contribution in [1.82, 2.24) is 4.90 Å². The number of hydrogen-bond acceptors (Lipinski definition) is 3. The number of carbonyl (C=O) groups excluding carboxylic acids is 1. The minimum atomic E-state index is -0.925. The lowest BCUT2D eigenvalue weighted by Crippen LogP contribution is -2.43. The molecule has 0 radical (unpaired) electrons. The fourth-order valence-electron chi connectivity index (χ4n) is 1.43. The van der Waals surface area contributed by atoms with E-state index in [-0.39, 0.29) is 6.54 Å². The molecule has 1 aromatic rings. The second-order valence-corrected chi connectivity index (χ2v) is 4.51. The summed E-state index contributed by atoms with van der Waals surface area (Å²) >= 11 is 0. The van der Waals surface area contributed by atoms with E-state index in [0.29, 0.717) is 12.3 Å². The van der Waals surface area contributed by atoms with Crippen LogP contribution in [-0.4, -0.2) is 34.8 Å². The van der Waals surface area contributed by atoms with Gasteiger partial charge in [0.15, 0.2) is 0 Å². The van der Waals surface area contributed by atoms with Gasteiger partial charge in [-0.1, -0.05) is 18.2 Å². The van der Waals surface area contributed by atoms with E-state index >= 15 is 0 Å². The molecule has 4 nitrogen and oxygen atoms in total. The Morgan fingerprint density at radius 2 is 1.94 bits per heavy atom. The van der Waals surface area contributed by atoms with Gasteiger partial charge in [0.05, 0.1) is 12.1 Å². The van der Waals surface area contributed by atoms with E-state index in [1.165, 1.54) is 4.90 Å². The minimum Gasteiger partial charge on any atom is -0.410 e. The summed E-state index contributed by atoms with van der Waals surface area (Å²) in [5.74, 6) is 0.506. The highest BCUT2D eigenvalue weighted by Crippen LogP contribution is 2.12. The standard InChI is InChI=1S/C13H19NO3/c1-4-14(10-13(2,3)16)12(15)17-11-8-6-5-7-9-11/h5-9,16H,4,10H2,1-3H3. The van der Waals surface area contributed by atoms with E-state index in [1.54, 1.807) is 38.1 Å². The first-order chi connectivity index (χ1) is 7.92. The summed E-state index contributed by atoms with van der Waals surface area (Å²) in [6, 6.07) is 8.89. The first-order valence-corrected chi connectivity index (χ1v) is 5.66. The van der Waals surface area contributed by atoms with E-state index in [1.807, 2.05) is 13.0 Å². The van der Waals surface area contributed by atoms with Crippen molar-refractivity contribution in [3.05, 3.63) is 30.3 Å². The fraction of sp³-hybridized carbons (Fsp3) is 0.462. The summed E-state index contributed by atoms with van der Waals surface area (Å²) in [5, 5.41) is 9.68. The summed E-state index contributed by atoms with van der Waals surface area (Å²) in [7, 11) is 0. The molecule has 1 N–H and O–H groups in total. The molecule has 0 unspecified atom stereocenters. The number of rotatable bonds is 4. The zero-order valence-electron chi connectivity index (χ0n) is 10.5. The Bertz CT molecular complexity index is 357. The number of benzene rings is 1. The van der Waals surface area contributed by atoms with Crippen LogP contribution in [-0.2, 0) is 0 Å². The highest BCUT2D eigenvalue weighted by Gasteiger charge is 2.22. The Morgan fingerprint density at radius 1 is 1.35 bits per heavy atom. The zero-order chi connectivity index (χ0) is 12.9. The van der Waals surface area contributed by atoms with Crippen molar-refractivity contribution in [2.75, 3.05) is 13.1 Å². The number of carbonyl (C=O) groups is 1. The third-order valence-electron chi connectivity index (χ3n) is 2.17. The lowest BCUT2D eigenvalue weighted by atomic mass is 10.1. The molecule has 1 rings (SSSR count). The van der Waals surface area contributed by atoms with Crippen molar-refractivity contribution in [3.8, 4) is 5.75 Å². The lowest BCUT2D eigenvalue weighted by molar-refractivity contribution is 0.0401. The van der Waals surface area contributed by atoms with Crippen molar-refractivity contribution in [3.63, 3.8) is 0 Å². The normalized spacial score (nSPS) is 11.1.